The smallest absolute Gasteiger partial charge is 0.274 e. The molecule has 0 aliphatic rings. The number of pyridine rings is 1. The number of nitrogens with zero attached hydrogens (tertiary/aromatic N) is 3. The number of aryl methyl sites for hydroxylation is 2. The summed E-state index contributed by atoms with van der Waals surface area (Å²) in [6.07, 6.45) is 4.98. The Morgan fingerprint density at radius 1 is 1.32 bits per heavy atom. The number of rotatable bonds is 4. The number of carbonyl (C=O) groups is 1. The molecule has 0 aliphatic heterocycles. The van der Waals surface area contributed by atoms with E-state index in [4.69, 9.17) is 0 Å². The molecule has 1 amide bonds. The Bertz CT molecular complexity index is 599. The normalized spacial score (nSPS) is 10.9. The van der Waals surface area contributed by atoms with Crippen LogP contribution in [0.25, 0.3) is 5.52 Å². The van der Waals surface area contributed by atoms with E-state index >= 15 is 0 Å². The van der Waals surface area contributed by atoms with Gasteiger partial charge in [0.05, 0.1) is 5.52 Å². The van der Waals surface area contributed by atoms with Crippen molar-refractivity contribution in [3.8, 4) is 0 Å². The van der Waals surface area contributed by atoms with Gasteiger partial charge in [-0.1, -0.05) is 19.9 Å². The Morgan fingerprint density at radius 3 is 2.63 bits per heavy atom. The minimum absolute atomic E-state index is 0.0379. The second-order valence-corrected chi connectivity index (χ2v) is 4.97. The zero-order valence-electron chi connectivity index (χ0n) is 12.1. The van der Waals surface area contributed by atoms with Crippen LogP contribution in [-0.2, 0) is 12.8 Å². The van der Waals surface area contributed by atoms with Gasteiger partial charge in [0.25, 0.3) is 5.91 Å². The summed E-state index contributed by atoms with van der Waals surface area (Å²) in [5, 5.41) is 0. The summed E-state index contributed by atoms with van der Waals surface area (Å²) in [5.41, 5.74) is 2.71. The molecule has 2 heterocycles. The standard InChI is InChI=1S/C15H21N3O/c1-5-7-13-16-14(15(19)17(3)4)12-9-8-11(6-2)10-18(12)13/h8-10H,5-7H2,1-4H3. The summed E-state index contributed by atoms with van der Waals surface area (Å²) in [7, 11) is 3.51. The van der Waals surface area contributed by atoms with Gasteiger partial charge < -0.3 is 9.30 Å². The Hall–Kier alpha value is -1.84. The van der Waals surface area contributed by atoms with E-state index in [-0.39, 0.29) is 5.91 Å². The summed E-state index contributed by atoms with van der Waals surface area (Å²) in [5.74, 6) is 0.933. The maximum absolute atomic E-state index is 12.2. The molecule has 4 heteroatoms. The van der Waals surface area contributed by atoms with E-state index in [1.165, 1.54) is 5.56 Å². The van der Waals surface area contributed by atoms with Gasteiger partial charge in [-0.25, -0.2) is 4.98 Å². The molecule has 2 rings (SSSR count). The Morgan fingerprint density at radius 2 is 2.05 bits per heavy atom. The van der Waals surface area contributed by atoms with Gasteiger partial charge in [0, 0.05) is 26.7 Å². The topological polar surface area (TPSA) is 37.6 Å². The second-order valence-electron chi connectivity index (χ2n) is 4.97. The van der Waals surface area contributed by atoms with Gasteiger partial charge in [-0.05, 0) is 24.5 Å². The van der Waals surface area contributed by atoms with Crippen LogP contribution in [0.15, 0.2) is 18.3 Å². The zero-order chi connectivity index (χ0) is 14.0. The van der Waals surface area contributed by atoms with E-state index in [0.717, 1.165) is 30.6 Å². The number of amides is 1. The molecule has 2 aromatic heterocycles. The van der Waals surface area contributed by atoms with Crippen LogP contribution in [0.1, 0.15) is 42.1 Å². The highest BCUT2D eigenvalue weighted by atomic mass is 16.2. The largest absolute Gasteiger partial charge is 0.343 e. The van der Waals surface area contributed by atoms with E-state index in [1.54, 1.807) is 19.0 Å². The highest BCUT2D eigenvalue weighted by Gasteiger charge is 2.18. The fourth-order valence-electron chi connectivity index (χ4n) is 2.17. The average molecular weight is 259 g/mol. The van der Waals surface area contributed by atoms with Crippen LogP contribution in [0, 0.1) is 0 Å². The lowest BCUT2D eigenvalue weighted by atomic mass is 10.2. The van der Waals surface area contributed by atoms with Crippen molar-refractivity contribution in [2.75, 3.05) is 14.1 Å². The molecule has 102 valence electrons. The van der Waals surface area contributed by atoms with Crippen LogP contribution >= 0.6 is 0 Å². The van der Waals surface area contributed by atoms with E-state index in [1.807, 2.05) is 6.07 Å². The number of hydrogen-bond acceptors (Lipinski definition) is 2. The third kappa shape index (κ3) is 2.48. The third-order valence-electron chi connectivity index (χ3n) is 3.26. The predicted octanol–water partition coefficient (Wildman–Crippen LogP) is 2.55. The molecule has 0 saturated heterocycles. The summed E-state index contributed by atoms with van der Waals surface area (Å²) >= 11 is 0. The highest BCUT2D eigenvalue weighted by molar-refractivity contribution is 5.98. The van der Waals surface area contributed by atoms with Crippen LogP contribution in [0.3, 0.4) is 0 Å². The number of fused-ring (bicyclic) bond motifs is 1. The minimum atomic E-state index is -0.0379. The maximum atomic E-state index is 12.2. The molecule has 0 aliphatic carbocycles. The van der Waals surface area contributed by atoms with Crippen molar-refractivity contribution in [1.82, 2.24) is 14.3 Å². The van der Waals surface area contributed by atoms with Crippen molar-refractivity contribution >= 4 is 11.4 Å². The predicted molar refractivity (Wildman–Crippen MR) is 76.6 cm³/mol. The monoisotopic (exact) mass is 259 g/mol. The van der Waals surface area contributed by atoms with E-state index in [2.05, 4.69) is 35.5 Å². The Labute approximate surface area is 114 Å². The number of aromatic nitrogens is 2. The van der Waals surface area contributed by atoms with Crippen LogP contribution in [-0.4, -0.2) is 34.3 Å². The van der Waals surface area contributed by atoms with Gasteiger partial charge in [0.15, 0.2) is 5.69 Å². The first-order valence-electron chi connectivity index (χ1n) is 6.80. The Kier molecular flexibility index (Phi) is 3.88. The van der Waals surface area contributed by atoms with Gasteiger partial charge in [-0.2, -0.15) is 0 Å². The second kappa shape index (κ2) is 5.43. The molecule has 0 saturated carbocycles. The fraction of sp³-hybridized carbons (Fsp3) is 0.467. The number of imidazole rings is 1. The molecule has 0 radical (unpaired) electrons. The highest BCUT2D eigenvalue weighted by Crippen LogP contribution is 2.17. The molecule has 0 fully saturated rings. The van der Waals surface area contributed by atoms with Crippen molar-refractivity contribution in [1.29, 1.82) is 0 Å². The molecule has 19 heavy (non-hydrogen) atoms. The molecule has 0 bridgehead atoms. The summed E-state index contributed by atoms with van der Waals surface area (Å²) < 4.78 is 2.07. The molecular weight excluding hydrogens is 238 g/mol. The van der Waals surface area contributed by atoms with Gasteiger partial charge in [0.1, 0.15) is 5.82 Å². The van der Waals surface area contributed by atoms with Gasteiger partial charge >= 0.3 is 0 Å². The minimum Gasteiger partial charge on any atom is -0.343 e. The van der Waals surface area contributed by atoms with Crippen molar-refractivity contribution in [2.45, 2.75) is 33.1 Å². The van der Waals surface area contributed by atoms with Crippen LogP contribution in [0.5, 0.6) is 0 Å². The SMILES string of the molecule is CCCc1nc(C(=O)N(C)C)c2ccc(CC)cn12. The van der Waals surface area contributed by atoms with Crippen molar-refractivity contribution < 1.29 is 4.79 Å². The first-order valence-corrected chi connectivity index (χ1v) is 6.80. The van der Waals surface area contributed by atoms with Gasteiger partial charge in [-0.15, -0.1) is 0 Å². The lowest BCUT2D eigenvalue weighted by Gasteiger charge is -2.08. The molecule has 0 aromatic carbocycles. The maximum Gasteiger partial charge on any atom is 0.274 e. The van der Waals surface area contributed by atoms with Crippen molar-refractivity contribution in [3.05, 3.63) is 35.4 Å². The average Bonchev–Trinajstić information content (AvgIpc) is 2.76. The molecule has 0 atom stereocenters. The first-order chi connectivity index (χ1) is 9.08. The van der Waals surface area contributed by atoms with E-state index < -0.39 is 0 Å². The number of carbonyl (C=O) groups excluding carboxylic acids is 1. The van der Waals surface area contributed by atoms with Crippen LogP contribution in [0.4, 0.5) is 0 Å². The summed E-state index contributed by atoms with van der Waals surface area (Å²) in [6, 6.07) is 4.07. The quantitative estimate of drug-likeness (QED) is 0.846. The first kappa shape index (κ1) is 13.6. The van der Waals surface area contributed by atoms with Crippen molar-refractivity contribution in [2.24, 2.45) is 0 Å². The van der Waals surface area contributed by atoms with E-state index in [9.17, 15) is 4.79 Å². The fourth-order valence-corrected chi connectivity index (χ4v) is 2.17. The van der Waals surface area contributed by atoms with E-state index in [0.29, 0.717) is 5.69 Å². The van der Waals surface area contributed by atoms with Crippen molar-refractivity contribution in [3.63, 3.8) is 0 Å². The van der Waals surface area contributed by atoms with Crippen LogP contribution in [0.2, 0.25) is 0 Å². The summed E-state index contributed by atoms with van der Waals surface area (Å²) in [6.45, 7) is 4.25. The van der Waals surface area contributed by atoms with Gasteiger partial charge in [-0.3, -0.25) is 4.79 Å². The third-order valence-corrected chi connectivity index (χ3v) is 3.26. The summed E-state index contributed by atoms with van der Waals surface area (Å²) in [4.78, 5) is 18.3. The lowest BCUT2D eigenvalue weighted by Crippen LogP contribution is -2.22. The molecular formula is C15H21N3O. The van der Waals surface area contributed by atoms with Crippen LogP contribution < -0.4 is 0 Å². The van der Waals surface area contributed by atoms with Gasteiger partial charge in [0.2, 0.25) is 0 Å². The molecule has 0 unspecified atom stereocenters. The molecule has 4 nitrogen and oxygen atoms in total. The molecule has 2 aromatic rings. The zero-order valence-corrected chi connectivity index (χ0v) is 12.1. The molecule has 0 N–H and O–H groups in total. The Balaban J connectivity index is 2.63. The number of hydrogen-bond donors (Lipinski definition) is 0. The lowest BCUT2D eigenvalue weighted by molar-refractivity contribution is 0.0824. The molecule has 0 spiro atoms.